The maximum atomic E-state index is 5.61. The Balaban J connectivity index is 2.50. The van der Waals surface area contributed by atoms with Gasteiger partial charge in [0.2, 0.25) is 0 Å². The standard InChI is InChI=1S/C6H4BrN3S2/c7-3-1-4(11-2-3)5-6(8)10-12-9-5/h1-2H,(H2,8,10). The van der Waals surface area contributed by atoms with E-state index in [0.29, 0.717) is 5.82 Å². The fourth-order valence-electron chi connectivity index (χ4n) is 0.804. The van der Waals surface area contributed by atoms with Crippen molar-refractivity contribution in [2.75, 3.05) is 5.73 Å². The average Bonchev–Trinajstić information content (AvgIpc) is 2.58. The molecular weight excluding hydrogens is 258 g/mol. The maximum Gasteiger partial charge on any atom is 0.166 e. The van der Waals surface area contributed by atoms with Crippen LogP contribution in [0.3, 0.4) is 0 Å². The van der Waals surface area contributed by atoms with E-state index < -0.39 is 0 Å². The molecule has 0 unspecified atom stereocenters. The van der Waals surface area contributed by atoms with Gasteiger partial charge in [0.05, 0.1) is 16.6 Å². The van der Waals surface area contributed by atoms with E-state index in [0.717, 1.165) is 26.8 Å². The van der Waals surface area contributed by atoms with Crippen LogP contribution in [0.4, 0.5) is 5.82 Å². The first-order valence-corrected chi connectivity index (χ1v) is 5.50. The average molecular weight is 262 g/mol. The SMILES string of the molecule is Nc1nsnc1-c1cc(Br)cs1. The molecule has 62 valence electrons. The summed E-state index contributed by atoms with van der Waals surface area (Å²) in [4.78, 5) is 1.05. The molecular formula is C6H4BrN3S2. The number of nitrogens with zero attached hydrogens (tertiary/aromatic N) is 2. The minimum absolute atomic E-state index is 0.509. The van der Waals surface area contributed by atoms with Crippen LogP contribution in [-0.2, 0) is 0 Å². The number of hydrogen-bond acceptors (Lipinski definition) is 5. The molecule has 2 N–H and O–H groups in total. The molecule has 0 fully saturated rings. The fraction of sp³-hybridized carbons (Fsp3) is 0. The van der Waals surface area contributed by atoms with Crippen LogP contribution in [0.25, 0.3) is 10.6 Å². The third-order valence-corrected chi connectivity index (χ3v) is 3.56. The molecule has 2 heterocycles. The van der Waals surface area contributed by atoms with Gasteiger partial charge in [-0.1, -0.05) is 0 Å². The van der Waals surface area contributed by atoms with Crippen LogP contribution in [0.5, 0.6) is 0 Å². The van der Waals surface area contributed by atoms with Crippen molar-refractivity contribution in [3.05, 3.63) is 15.9 Å². The van der Waals surface area contributed by atoms with Crippen molar-refractivity contribution in [3.63, 3.8) is 0 Å². The van der Waals surface area contributed by atoms with Gasteiger partial charge < -0.3 is 5.73 Å². The van der Waals surface area contributed by atoms with Gasteiger partial charge in [-0.15, -0.1) is 11.3 Å². The molecule has 0 aliphatic heterocycles. The largest absolute Gasteiger partial charge is 0.381 e. The third kappa shape index (κ3) is 1.37. The highest BCUT2D eigenvalue weighted by atomic mass is 79.9. The quantitative estimate of drug-likeness (QED) is 0.859. The van der Waals surface area contributed by atoms with Crippen molar-refractivity contribution in [1.29, 1.82) is 0 Å². The van der Waals surface area contributed by atoms with Gasteiger partial charge in [0, 0.05) is 9.85 Å². The van der Waals surface area contributed by atoms with Crippen molar-refractivity contribution in [2.24, 2.45) is 0 Å². The van der Waals surface area contributed by atoms with Gasteiger partial charge in [0.25, 0.3) is 0 Å². The Labute approximate surface area is 85.7 Å². The number of hydrogen-bond donors (Lipinski definition) is 1. The molecule has 0 bridgehead atoms. The summed E-state index contributed by atoms with van der Waals surface area (Å²) in [5.74, 6) is 0.509. The second-order valence-electron chi connectivity index (χ2n) is 2.13. The van der Waals surface area contributed by atoms with E-state index in [-0.39, 0.29) is 0 Å². The summed E-state index contributed by atoms with van der Waals surface area (Å²) < 4.78 is 9.05. The zero-order valence-electron chi connectivity index (χ0n) is 5.82. The van der Waals surface area contributed by atoms with E-state index in [1.165, 1.54) is 0 Å². The van der Waals surface area contributed by atoms with Gasteiger partial charge in [0.15, 0.2) is 5.82 Å². The number of thiophene rings is 1. The van der Waals surface area contributed by atoms with Crippen LogP contribution < -0.4 is 5.73 Å². The first-order valence-electron chi connectivity index (χ1n) is 3.10. The van der Waals surface area contributed by atoms with Crippen molar-refractivity contribution in [3.8, 4) is 10.6 Å². The predicted octanol–water partition coefficient (Wildman–Crippen LogP) is 2.61. The fourth-order valence-corrected chi connectivity index (χ4v) is 2.78. The number of nitrogens with two attached hydrogens (primary N) is 1. The van der Waals surface area contributed by atoms with Gasteiger partial charge in [0.1, 0.15) is 5.69 Å². The molecule has 12 heavy (non-hydrogen) atoms. The Morgan fingerprint density at radius 2 is 2.25 bits per heavy atom. The summed E-state index contributed by atoms with van der Waals surface area (Å²) in [6.07, 6.45) is 0. The Morgan fingerprint density at radius 1 is 1.42 bits per heavy atom. The number of halogens is 1. The Morgan fingerprint density at radius 3 is 2.75 bits per heavy atom. The van der Waals surface area contributed by atoms with Crippen molar-refractivity contribution < 1.29 is 0 Å². The maximum absolute atomic E-state index is 5.61. The predicted molar refractivity (Wildman–Crippen MR) is 55.3 cm³/mol. The number of nitrogen functional groups attached to an aromatic ring is 1. The lowest BCUT2D eigenvalue weighted by Gasteiger charge is -1.88. The van der Waals surface area contributed by atoms with Gasteiger partial charge >= 0.3 is 0 Å². The number of anilines is 1. The Hall–Kier alpha value is -0.460. The van der Waals surface area contributed by atoms with Crippen LogP contribution in [-0.4, -0.2) is 8.75 Å². The molecule has 2 aromatic heterocycles. The molecule has 6 heteroatoms. The zero-order chi connectivity index (χ0) is 8.55. The molecule has 3 nitrogen and oxygen atoms in total. The summed E-state index contributed by atoms with van der Waals surface area (Å²) in [6, 6.07) is 1.98. The van der Waals surface area contributed by atoms with Crippen molar-refractivity contribution in [2.45, 2.75) is 0 Å². The Bertz CT molecular complexity index is 395. The van der Waals surface area contributed by atoms with E-state index in [9.17, 15) is 0 Å². The summed E-state index contributed by atoms with van der Waals surface area (Å²) >= 11 is 6.10. The van der Waals surface area contributed by atoms with Gasteiger partial charge in [-0.2, -0.15) is 8.75 Å². The summed E-state index contributed by atoms with van der Waals surface area (Å²) in [5, 5.41) is 1.99. The second-order valence-corrected chi connectivity index (χ2v) is 4.48. The normalized spacial score (nSPS) is 10.4. The molecule has 0 radical (unpaired) electrons. The van der Waals surface area contributed by atoms with Crippen LogP contribution >= 0.6 is 39.0 Å². The lowest BCUT2D eigenvalue weighted by atomic mass is 10.3. The second kappa shape index (κ2) is 3.12. The molecule has 0 saturated heterocycles. The topological polar surface area (TPSA) is 51.8 Å². The van der Waals surface area contributed by atoms with Gasteiger partial charge in [-0.05, 0) is 22.0 Å². The van der Waals surface area contributed by atoms with E-state index in [1.54, 1.807) is 11.3 Å². The minimum Gasteiger partial charge on any atom is -0.381 e. The highest BCUT2D eigenvalue weighted by Gasteiger charge is 2.08. The number of rotatable bonds is 1. The van der Waals surface area contributed by atoms with Crippen molar-refractivity contribution in [1.82, 2.24) is 8.75 Å². The first-order chi connectivity index (χ1) is 5.77. The van der Waals surface area contributed by atoms with Crippen LogP contribution in [0.1, 0.15) is 0 Å². The first kappa shape index (κ1) is 8.15. The molecule has 2 aromatic rings. The summed E-state index contributed by atoms with van der Waals surface area (Å²) in [5.41, 5.74) is 6.40. The van der Waals surface area contributed by atoms with E-state index in [1.807, 2.05) is 11.4 Å². The molecule has 0 spiro atoms. The van der Waals surface area contributed by atoms with E-state index in [2.05, 4.69) is 24.7 Å². The minimum atomic E-state index is 0.509. The van der Waals surface area contributed by atoms with E-state index >= 15 is 0 Å². The molecule has 0 aliphatic carbocycles. The lowest BCUT2D eigenvalue weighted by Crippen LogP contribution is -1.85. The zero-order valence-corrected chi connectivity index (χ0v) is 9.04. The summed E-state index contributed by atoms with van der Waals surface area (Å²) in [6.45, 7) is 0. The highest BCUT2D eigenvalue weighted by Crippen LogP contribution is 2.31. The molecule has 0 amide bonds. The molecule has 0 aliphatic rings. The lowest BCUT2D eigenvalue weighted by molar-refractivity contribution is 1.52. The highest BCUT2D eigenvalue weighted by molar-refractivity contribution is 9.10. The van der Waals surface area contributed by atoms with Gasteiger partial charge in [-0.25, -0.2) is 0 Å². The Kier molecular flexibility index (Phi) is 2.12. The third-order valence-electron chi connectivity index (χ3n) is 1.31. The van der Waals surface area contributed by atoms with Crippen LogP contribution in [0, 0.1) is 0 Å². The summed E-state index contributed by atoms with van der Waals surface area (Å²) in [7, 11) is 0. The molecule has 0 saturated carbocycles. The smallest absolute Gasteiger partial charge is 0.166 e. The van der Waals surface area contributed by atoms with Crippen LogP contribution in [0.15, 0.2) is 15.9 Å². The van der Waals surface area contributed by atoms with Gasteiger partial charge in [-0.3, -0.25) is 0 Å². The molecule has 0 aromatic carbocycles. The molecule has 0 atom stereocenters. The van der Waals surface area contributed by atoms with Crippen LogP contribution in [0.2, 0.25) is 0 Å². The number of aromatic nitrogens is 2. The van der Waals surface area contributed by atoms with E-state index in [4.69, 9.17) is 5.73 Å². The van der Waals surface area contributed by atoms with Crippen molar-refractivity contribution >= 4 is 44.8 Å². The molecule has 2 rings (SSSR count). The monoisotopic (exact) mass is 261 g/mol.